The third-order valence-corrected chi connectivity index (χ3v) is 2.29. The quantitative estimate of drug-likeness (QED) is 0.395. The standard InChI is InChI=1S/C11H5F6NO3/c1-18-6-2-4-7(5-3-6)21-8(19)9(20,10(12,13)14)11(15,16)17/h2-5,20H. The lowest BCUT2D eigenvalue weighted by atomic mass is 10.0. The Bertz CT molecular complexity index is 556. The van der Waals surface area contributed by atoms with Gasteiger partial charge >= 0.3 is 23.9 Å². The van der Waals surface area contributed by atoms with E-state index in [4.69, 9.17) is 11.7 Å². The number of hydrogen-bond donors (Lipinski definition) is 1. The predicted octanol–water partition coefficient (Wildman–Crippen LogP) is 3.00. The third-order valence-electron chi connectivity index (χ3n) is 2.29. The molecule has 0 fully saturated rings. The molecule has 0 bridgehead atoms. The van der Waals surface area contributed by atoms with Gasteiger partial charge in [0.05, 0.1) is 6.57 Å². The number of hydrogen-bond acceptors (Lipinski definition) is 3. The molecule has 0 amide bonds. The molecule has 10 heteroatoms. The fraction of sp³-hybridized carbons (Fsp3) is 0.273. The monoisotopic (exact) mass is 313 g/mol. The fourth-order valence-electron chi connectivity index (χ4n) is 1.16. The summed E-state index contributed by atoms with van der Waals surface area (Å²) in [5.74, 6) is -3.61. The summed E-state index contributed by atoms with van der Waals surface area (Å²) >= 11 is 0. The van der Waals surface area contributed by atoms with Gasteiger partial charge in [0, 0.05) is 0 Å². The van der Waals surface area contributed by atoms with Crippen LogP contribution in [0.15, 0.2) is 24.3 Å². The van der Waals surface area contributed by atoms with Crippen LogP contribution in [0.25, 0.3) is 4.85 Å². The van der Waals surface area contributed by atoms with E-state index < -0.39 is 29.7 Å². The molecule has 0 radical (unpaired) electrons. The van der Waals surface area contributed by atoms with Crippen molar-refractivity contribution in [1.82, 2.24) is 0 Å². The van der Waals surface area contributed by atoms with Gasteiger partial charge in [0.1, 0.15) is 5.75 Å². The molecular weight excluding hydrogens is 308 g/mol. The van der Waals surface area contributed by atoms with Gasteiger partial charge in [0.25, 0.3) is 0 Å². The average molecular weight is 313 g/mol. The summed E-state index contributed by atoms with van der Waals surface area (Å²) in [6, 6.07) is 3.66. The highest BCUT2D eigenvalue weighted by Crippen LogP contribution is 2.44. The van der Waals surface area contributed by atoms with Crippen LogP contribution in [0.4, 0.5) is 32.0 Å². The summed E-state index contributed by atoms with van der Waals surface area (Å²) in [5.41, 5.74) is -5.62. The lowest BCUT2D eigenvalue weighted by Gasteiger charge is -2.29. The second-order valence-corrected chi connectivity index (χ2v) is 3.70. The maximum atomic E-state index is 12.4. The van der Waals surface area contributed by atoms with Gasteiger partial charge in [0.2, 0.25) is 0 Å². The lowest BCUT2D eigenvalue weighted by Crippen LogP contribution is -2.63. The van der Waals surface area contributed by atoms with E-state index in [-0.39, 0.29) is 5.69 Å². The third kappa shape index (κ3) is 3.08. The number of rotatable bonds is 2. The molecule has 0 unspecified atom stereocenters. The van der Waals surface area contributed by atoms with E-state index in [2.05, 4.69) is 9.58 Å². The molecule has 0 saturated carbocycles. The van der Waals surface area contributed by atoms with Crippen LogP contribution in [0.1, 0.15) is 0 Å². The van der Waals surface area contributed by atoms with Crippen molar-refractivity contribution in [3.8, 4) is 5.75 Å². The smallest absolute Gasteiger partial charge is 0.424 e. The van der Waals surface area contributed by atoms with Gasteiger partial charge in [0.15, 0.2) is 5.69 Å². The van der Waals surface area contributed by atoms with Gasteiger partial charge < -0.3 is 9.84 Å². The molecule has 114 valence electrons. The minimum atomic E-state index is -6.31. The van der Waals surface area contributed by atoms with Crippen molar-refractivity contribution in [1.29, 1.82) is 0 Å². The van der Waals surface area contributed by atoms with Crippen molar-refractivity contribution in [2.45, 2.75) is 18.0 Å². The minimum Gasteiger partial charge on any atom is -0.424 e. The van der Waals surface area contributed by atoms with E-state index in [9.17, 15) is 31.1 Å². The van der Waals surface area contributed by atoms with Crippen LogP contribution in [-0.4, -0.2) is 29.0 Å². The van der Waals surface area contributed by atoms with Gasteiger partial charge in [-0.25, -0.2) is 9.64 Å². The topological polar surface area (TPSA) is 50.9 Å². The molecule has 1 aromatic rings. The highest BCUT2D eigenvalue weighted by molar-refractivity contribution is 5.83. The van der Waals surface area contributed by atoms with E-state index in [1.807, 2.05) is 0 Å². The Morgan fingerprint density at radius 1 is 1.05 bits per heavy atom. The van der Waals surface area contributed by atoms with Gasteiger partial charge in [-0.15, -0.1) is 0 Å². The second kappa shape index (κ2) is 5.25. The van der Waals surface area contributed by atoms with Crippen molar-refractivity contribution in [3.05, 3.63) is 35.7 Å². The SMILES string of the molecule is [C-]#[N+]c1ccc(OC(=O)C(O)(C(F)(F)F)C(F)(F)F)cc1. The van der Waals surface area contributed by atoms with Crippen LogP contribution in [0.5, 0.6) is 5.75 Å². The molecule has 21 heavy (non-hydrogen) atoms. The normalized spacial score (nSPS) is 12.7. The number of nitrogens with zero attached hydrogens (tertiary/aromatic N) is 1. The summed E-state index contributed by atoms with van der Waals surface area (Å²) < 4.78 is 78.1. The predicted molar refractivity (Wildman–Crippen MR) is 55.4 cm³/mol. The molecule has 0 saturated heterocycles. The van der Waals surface area contributed by atoms with Gasteiger partial charge in [-0.2, -0.15) is 26.3 Å². The molecule has 0 aliphatic rings. The van der Waals surface area contributed by atoms with Crippen molar-refractivity contribution < 1.29 is 41.0 Å². The molecule has 0 atom stereocenters. The Labute approximate surface area is 113 Å². The first-order chi connectivity index (χ1) is 9.43. The summed E-state index contributed by atoms with van der Waals surface area (Å²) in [5, 5.41) is 8.74. The number of ether oxygens (including phenoxy) is 1. The molecule has 4 nitrogen and oxygen atoms in total. The highest BCUT2D eigenvalue weighted by atomic mass is 19.4. The zero-order valence-electron chi connectivity index (χ0n) is 9.79. The van der Waals surface area contributed by atoms with E-state index in [1.165, 1.54) is 0 Å². The Morgan fingerprint density at radius 2 is 1.48 bits per heavy atom. The number of aliphatic hydroxyl groups is 1. The molecule has 0 aliphatic carbocycles. The highest BCUT2D eigenvalue weighted by Gasteiger charge is 2.76. The Balaban J connectivity index is 3.11. The summed E-state index contributed by atoms with van der Waals surface area (Å²) in [6.45, 7) is 6.60. The first kappa shape index (κ1) is 16.8. The fourth-order valence-corrected chi connectivity index (χ4v) is 1.16. The minimum absolute atomic E-state index is 0.0247. The number of halogens is 6. The molecular formula is C11H5F6NO3. The summed E-state index contributed by atoms with van der Waals surface area (Å²) in [4.78, 5) is 14.0. The van der Waals surface area contributed by atoms with Crippen LogP contribution in [0.3, 0.4) is 0 Å². The summed E-state index contributed by atoms with van der Waals surface area (Å²) in [6.07, 6.45) is -12.6. The van der Waals surface area contributed by atoms with Crippen molar-refractivity contribution in [3.63, 3.8) is 0 Å². The number of alkyl halides is 6. The Kier molecular flexibility index (Phi) is 4.19. The molecule has 1 aromatic carbocycles. The lowest BCUT2D eigenvalue weighted by molar-refractivity contribution is -0.354. The van der Waals surface area contributed by atoms with Crippen LogP contribution in [-0.2, 0) is 4.79 Å². The van der Waals surface area contributed by atoms with Crippen molar-refractivity contribution in [2.24, 2.45) is 0 Å². The van der Waals surface area contributed by atoms with E-state index >= 15 is 0 Å². The zero-order chi connectivity index (χ0) is 16.5. The van der Waals surface area contributed by atoms with Crippen LogP contribution in [0, 0.1) is 6.57 Å². The zero-order valence-corrected chi connectivity index (χ0v) is 9.79. The number of esters is 1. The Hall–Kier alpha value is -2.28. The van der Waals surface area contributed by atoms with Crippen molar-refractivity contribution in [2.75, 3.05) is 0 Å². The molecule has 0 aliphatic heterocycles. The van der Waals surface area contributed by atoms with Crippen LogP contribution in [0.2, 0.25) is 0 Å². The molecule has 0 spiro atoms. The number of carbonyl (C=O) groups excluding carboxylic acids is 1. The molecule has 1 N–H and O–H groups in total. The van der Waals surface area contributed by atoms with Gasteiger partial charge in [-0.1, -0.05) is 12.1 Å². The Morgan fingerprint density at radius 3 is 1.81 bits per heavy atom. The van der Waals surface area contributed by atoms with Crippen LogP contribution >= 0.6 is 0 Å². The van der Waals surface area contributed by atoms with E-state index in [0.717, 1.165) is 24.3 Å². The first-order valence-electron chi connectivity index (χ1n) is 4.99. The summed E-state index contributed by atoms with van der Waals surface area (Å²) in [7, 11) is 0. The van der Waals surface area contributed by atoms with Gasteiger partial charge in [-0.3, -0.25) is 0 Å². The molecule has 1 rings (SSSR count). The van der Waals surface area contributed by atoms with Gasteiger partial charge in [-0.05, 0) is 12.1 Å². The largest absolute Gasteiger partial charge is 0.437 e. The van der Waals surface area contributed by atoms with E-state index in [1.54, 1.807) is 0 Å². The van der Waals surface area contributed by atoms with Crippen molar-refractivity contribution >= 4 is 11.7 Å². The van der Waals surface area contributed by atoms with Crippen LogP contribution < -0.4 is 4.74 Å². The van der Waals surface area contributed by atoms with E-state index in [0.29, 0.717) is 0 Å². The first-order valence-corrected chi connectivity index (χ1v) is 4.99. The number of carbonyl (C=O) groups is 1. The maximum absolute atomic E-state index is 12.4. The average Bonchev–Trinajstić information content (AvgIpc) is 2.35. The number of benzene rings is 1. The maximum Gasteiger partial charge on any atom is 0.437 e. The molecule has 0 aromatic heterocycles. The second-order valence-electron chi connectivity index (χ2n) is 3.70. The molecule has 0 heterocycles.